The SMILES string of the molecule is CCCN(CCC)c1nc2ccccn2c(=O)c1/C=C1\SC(=S)N(CCOC)C1=O. The fourth-order valence-electron chi connectivity index (χ4n) is 3.33. The number of hydrogen-bond donors (Lipinski definition) is 0. The Morgan fingerprint density at radius 3 is 2.63 bits per heavy atom. The monoisotopic (exact) mass is 446 g/mol. The van der Waals surface area contributed by atoms with Gasteiger partial charge in [0, 0.05) is 26.4 Å². The summed E-state index contributed by atoms with van der Waals surface area (Å²) in [5.41, 5.74) is 0.794. The molecule has 30 heavy (non-hydrogen) atoms. The molecule has 160 valence electrons. The second-order valence-corrected chi connectivity index (χ2v) is 8.57. The van der Waals surface area contributed by atoms with Crippen molar-refractivity contribution < 1.29 is 9.53 Å². The minimum absolute atomic E-state index is 0.199. The molecule has 0 N–H and O–H groups in total. The molecule has 1 saturated heterocycles. The van der Waals surface area contributed by atoms with E-state index in [1.54, 1.807) is 25.4 Å². The summed E-state index contributed by atoms with van der Waals surface area (Å²) in [5.74, 6) is 0.403. The maximum atomic E-state index is 13.4. The molecule has 1 amide bonds. The van der Waals surface area contributed by atoms with Gasteiger partial charge in [0.05, 0.1) is 23.6 Å². The Kier molecular flexibility index (Phi) is 7.63. The van der Waals surface area contributed by atoms with Crippen molar-refractivity contribution in [2.45, 2.75) is 26.7 Å². The molecule has 0 aliphatic carbocycles. The van der Waals surface area contributed by atoms with Gasteiger partial charge < -0.3 is 9.64 Å². The van der Waals surface area contributed by atoms with E-state index < -0.39 is 0 Å². The molecule has 0 aromatic carbocycles. The normalized spacial score (nSPS) is 15.6. The molecule has 0 atom stereocenters. The van der Waals surface area contributed by atoms with Gasteiger partial charge in [0.25, 0.3) is 11.5 Å². The highest BCUT2D eigenvalue weighted by Crippen LogP contribution is 2.33. The van der Waals surface area contributed by atoms with Gasteiger partial charge in [-0.15, -0.1) is 0 Å². The first-order chi connectivity index (χ1) is 14.5. The van der Waals surface area contributed by atoms with E-state index in [4.69, 9.17) is 21.9 Å². The molecular weight excluding hydrogens is 420 g/mol. The molecule has 7 nitrogen and oxygen atoms in total. The van der Waals surface area contributed by atoms with Gasteiger partial charge in [-0.25, -0.2) is 4.98 Å². The maximum Gasteiger partial charge on any atom is 0.267 e. The van der Waals surface area contributed by atoms with Gasteiger partial charge in [-0.05, 0) is 31.1 Å². The average Bonchev–Trinajstić information content (AvgIpc) is 3.01. The fourth-order valence-corrected chi connectivity index (χ4v) is 4.62. The van der Waals surface area contributed by atoms with Crippen LogP contribution < -0.4 is 10.5 Å². The van der Waals surface area contributed by atoms with Crippen molar-refractivity contribution in [2.75, 3.05) is 38.3 Å². The number of nitrogens with zero attached hydrogens (tertiary/aromatic N) is 4. The Bertz CT molecular complexity index is 1030. The highest BCUT2D eigenvalue weighted by atomic mass is 32.2. The zero-order chi connectivity index (χ0) is 21.7. The summed E-state index contributed by atoms with van der Waals surface area (Å²) in [7, 11) is 1.58. The van der Waals surface area contributed by atoms with E-state index in [0.717, 1.165) is 25.9 Å². The van der Waals surface area contributed by atoms with Crippen LogP contribution in [0.25, 0.3) is 11.7 Å². The van der Waals surface area contributed by atoms with Crippen LogP contribution in [0.1, 0.15) is 32.3 Å². The largest absolute Gasteiger partial charge is 0.383 e. The topological polar surface area (TPSA) is 67.2 Å². The van der Waals surface area contributed by atoms with Crippen LogP contribution in [-0.4, -0.2) is 57.9 Å². The average molecular weight is 447 g/mol. The van der Waals surface area contributed by atoms with Crippen LogP contribution in [0.15, 0.2) is 34.1 Å². The summed E-state index contributed by atoms with van der Waals surface area (Å²) >= 11 is 6.57. The highest BCUT2D eigenvalue weighted by molar-refractivity contribution is 8.26. The van der Waals surface area contributed by atoms with Gasteiger partial charge in [0.2, 0.25) is 0 Å². The number of anilines is 1. The number of rotatable bonds is 9. The standard InChI is InChI=1S/C21H26N4O3S2/c1-4-9-23(10-5-2)18-15(19(26)24-11-7-6-8-17(24)22-18)14-16-20(27)25(12-13-28-3)21(29)30-16/h6-8,11,14H,4-5,9-10,12-13H2,1-3H3/b16-14-. The zero-order valence-corrected chi connectivity index (χ0v) is 19.1. The lowest BCUT2D eigenvalue weighted by molar-refractivity contribution is -0.122. The smallest absolute Gasteiger partial charge is 0.267 e. The van der Waals surface area contributed by atoms with Crippen molar-refractivity contribution in [3.05, 3.63) is 45.2 Å². The maximum absolute atomic E-state index is 13.4. The van der Waals surface area contributed by atoms with Crippen LogP contribution in [0.4, 0.5) is 5.82 Å². The van der Waals surface area contributed by atoms with Gasteiger partial charge in [0.1, 0.15) is 15.8 Å². The number of pyridine rings is 1. The summed E-state index contributed by atoms with van der Waals surface area (Å²) in [6, 6.07) is 5.46. The summed E-state index contributed by atoms with van der Waals surface area (Å²) in [5, 5.41) is 0. The van der Waals surface area contributed by atoms with Crippen molar-refractivity contribution in [1.29, 1.82) is 0 Å². The first-order valence-corrected chi connectivity index (χ1v) is 11.2. The molecule has 0 spiro atoms. The second kappa shape index (κ2) is 10.2. The third kappa shape index (κ3) is 4.58. The lowest BCUT2D eigenvalue weighted by atomic mass is 10.2. The van der Waals surface area contributed by atoms with E-state index in [-0.39, 0.29) is 11.5 Å². The van der Waals surface area contributed by atoms with E-state index >= 15 is 0 Å². The Morgan fingerprint density at radius 2 is 1.97 bits per heavy atom. The number of thiocarbonyl (C=S) groups is 1. The van der Waals surface area contributed by atoms with Gasteiger partial charge in [0.15, 0.2) is 0 Å². The van der Waals surface area contributed by atoms with E-state index in [0.29, 0.717) is 39.4 Å². The number of thioether (sulfide) groups is 1. The first-order valence-electron chi connectivity index (χ1n) is 10.0. The van der Waals surface area contributed by atoms with Crippen LogP contribution in [-0.2, 0) is 9.53 Å². The lowest BCUT2D eigenvalue weighted by Gasteiger charge is -2.24. The number of fused-ring (bicyclic) bond motifs is 1. The van der Waals surface area contributed by atoms with E-state index in [1.165, 1.54) is 21.1 Å². The number of carbonyl (C=O) groups excluding carboxylic acids is 1. The van der Waals surface area contributed by atoms with Crippen molar-refractivity contribution in [2.24, 2.45) is 0 Å². The van der Waals surface area contributed by atoms with Crippen LogP contribution in [0.2, 0.25) is 0 Å². The molecular formula is C21H26N4O3S2. The Morgan fingerprint density at radius 1 is 1.23 bits per heavy atom. The quantitative estimate of drug-likeness (QED) is 0.433. The zero-order valence-electron chi connectivity index (χ0n) is 17.5. The summed E-state index contributed by atoms with van der Waals surface area (Å²) in [6.07, 6.45) is 5.19. The molecule has 2 aromatic rings. The van der Waals surface area contributed by atoms with Gasteiger partial charge in [-0.2, -0.15) is 0 Å². The number of ether oxygens (including phenoxy) is 1. The Hall–Kier alpha value is -2.23. The Balaban J connectivity index is 2.14. The molecule has 0 radical (unpaired) electrons. The van der Waals surface area contributed by atoms with Gasteiger partial charge in [-0.1, -0.05) is 43.9 Å². The summed E-state index contributed by atoms with van der Waals surface area (Å²) < 4.78 is 7.05. The molecule has 0 saturated carbocycles. The van der Waals surface area contributed by atoms with Crippen molar-refractivity contribution in [3.8, 4) is 0 Å². The second-order valence-electron chi connectivity index (χ2n) is 6.90. The molecule has 0 unspecified atom stereocenters. The first kappa shape index (κ1) is 22.5. The van der Waals surface area contributed by atoms with Crippen LogP contribution in [0.5, 0.6) is 0 Å². The highest BCUT2D eigenvalue weighted by Gasteiger charge is 2.32. The number of aromatic nitrogens is 2. The molecule has 1 fully saturated rings. The predicted molar refractivity (Wildman–Crippen MR) is 126 cm³/mol. The van der Waals surface area contributed by atoms with Gasteiger partial charge in [-0.3, -0.25) is 18.9 Å². The van der Waals surface area contributed by atoms with E-state index in [9.17, 15) is 9.59 Å². The molecule has 3 rings (SSSR count). The summed E-state index contributed by atoms with van der Waals surface area (Å²) in [6.45, 7) is 6.52. The van der Waals surface area contributed by atoms with Crippen molar-refractivity contribution in [3.63, 3.8) is 0 Å². The number of hydrogen-bond acceptors (Lipinski definition) is 7. The Labute approximate surface area is 185 Å². The third-order valence-electron chi connectivity index (χ3n) is 4.70. The molecule has 1 aliphatic heterocycles. The fraction of sp³-hybridized carbons (Fsp3) is 0.429. The van der Waals surface area contributed by atoms with Crippen LogP contribution in [0.3, 0.4) is 0 Å². The molecule has 2 aromatic heterocycles. The van der Waals surface area contributed by atoms with Crippen LogP contribution >= 0.6 is 24.0 Å². The van der Waals surface area contributed by atoms with E-state index in [2.05, 4.69) is 18.7 Å². The lowest BCUT2D eigenvalue weighted by Crippen LogP contribution is -2.32. The minimum atomic E-state index is -0.205. The van der Waals surface area contributed by atoms with Crippen molar-refractivity contribution >= 4 is 51.7 Å². The molecule has 1 aliphatic rings. The minimum Gasteiger partial charge on any atom is -0.383 e. The van der Waals surface area contributed by atoms with Gasteiger partial charge >= 0.3 is 0 Å². The molecule has 0 bridgehead atoms. The van der Waals surface area contributed by atoms with Crippen LogP contribution in [0, 0.1) is 0 Å². The third-order valence-corrected chi connectivity index (χ3v) is 6.08. The number of methoxy groups -OCH3 is 1. The summed E-state index contributed by atoms with van der Waals surface area (Å²) in [4.78, 5) is 35.1. The van der Waals surface area contributed by atoms with Crippen molar-refractivity contribution in [1.82, 2.24) is 14.3 Å². The molecule has 3 heterocycles. The predicted octanol–water partition coefficient (Wildman–Crippen LogP) is 3.17. The van der Waals surface area contributed by atoms with E-state index in [1.807, 2.05) is 12.1 Å². The molecule has 9 heteroatoms. The number of amides is 1. The number of carbonyl (C=O) groups is 1.